The molecule has 4 aliphatic rings. The Morgan fingerprint density at radius 2 is 1.86 bits per heavy atom. The molecule has 1 aromatic carbocycles. The van der Waals surface area contributed by atoms with Crippen molar-refractivity contribution in [3.8, 4) is 0 Å². The second-order valence-electron chi connectivity index (χ2n) is 9.92. The first-order valence-corrected chi connectivity index (χ1v) is 13.2. The van der Waals surface area contributed by atoms with Crippen molar-refractivity contribution in [1.29, 1.82) is 0 Å². The Morgan fingerprint density at radius 3 is 2.63 bits per heavy atom. The van der Waals surface area contributed by atoms with Gasteiger partial charge in [-0.3, -0.25) is 14.4 Å². The molecule has 2 fully saturated rings. The quantitative estimate of drug-likeness (QED) is 0.370. The molecule has 0 radical (unpaired) electrons. The van der Waals surface area contributed by atoms with E-state index in [-0.39, 0.29) is 24.4 Å². The number of fused-ring (bicyclic) bond motifs is 2. The number of hydrogen-bond acceptors (Lipinski definition) is 6. The van der Waals surface area contributed by atoms with Gasteiger partial charge >= 0.3 is 5.97 Å². The van der Waals surface area contributed by atoms with Gasteiger partial charge in [0.1, 0.15) is 6.04 Å². The summed E-state index contributed by atoms with van der Waals surface area (Å²) in [5.74, 6) is -1.97. The van der Waals surface area contributed by atoms with Crippen LogP contribution in [0.2, 0.25) is 0 Å². The highest BCUT2D eigenvalue weighted by Crippen LogP contribution is 2.65. The second kappa shape index (κ2) is 9.47. The molecule has 35 heavy (non-hydrogen) atoms. The van der Waals surface area contributed by atoms with Gasteiger partial charge in [0.05, 0.1) is 23.2 Å². The van der Waals surface area contributed by atoms with Crippen LogP contribution in [0.25, 0.3) is 0 Å². The molecule has 1 N–H and O–H groups in total. The molecule has 1 aromatic rings. The lowest BCUT2D eigenvalue weighted by Gasteiger charge is -2.37. The minimum Gasteiger partial charge on any atom is -0.465 e. The van der Waals surface area contributed by atoms with Gasteiger partial charge in [0.2, 0.25) is 11.8 Å². The molecule has 186 valence electrons. The molecule has 1 spiro atoms. The number of esters is 1. The van der Waals surface area contributed by atoms with Gasteiger partial charge in [0, 0.05) is 31.0 Å². The lowest BCUT2D eigenvalue weighted by Crippen LogP contribution is -2.53. The fourth-order valence-electron chi connectivity index (χ4n) is 6.11. The minimum atomic E-state index is -0.855. The average Bonchev–Trinajstić information content (AvgIpc) is 3.16. The van der Waals surface area contributed by atoms with E-state index in [1.165, 1.54) is 0 Å². The first-order chi connectivity index (χ1) is 16.9. The number of benzene rings is 1. The van der Waals surface area contributed by atoms with Crippen LogP contribution in [0.1, 0.15) is 31.7 Å². The molecule has 4 aliphatic heterocycles. The van der Waals surface area contributed by atoms with Gasteiger partial charge in [-0.2, -0.15) is 0 Å². The highest BCUT2D eigenvalue weighted by Gasteiger charge is 2.73. The molecular weight excluding hydrogens is 464 g/mol. The van der Waals surface area contributed by atoms with Crippen LogP contribution in [-0.2, 0) is 25.7 Å². The monoisotopic (exact) mass is 496 g/mol. The van der Waals surface area contributed by atoms with E-state index in [1.807, 2.05) is 61.6 Å². The molecule has 0 aliphatic carbocycles. The van der Waals surface area contributed by atoms with E-state index in [1.54, 1.807) is 21.6 Å². The Balaban J connectivity index is 1.57. The normalized spacial score (nSPS) is 34.1. The number of cyclic esters (lactones) is 1. The maximum atomic E-state index is 14.2. The predicted molar refractivity (Wildman–Crippen MR) is 133 cm³/mol. The van der Waals surface area contributed by atoms with Crippen molar-refractivity contribution in [3.63, 3.8) is 0 Å². The topological polar surface area (TPSA) is 87.1 Å². The number of rotatable bonds is 6. The zero-order valence-corrected chi connectivity index (χ0v) is 20.8. The van der Waals surface area contributed by atoms with E-state index >= 15 is 0 Å². The summed E-state index contributed by atoms with van der Waals surface area (Å²) in [6, 6.07) is 9.12. The smallest absolute Gasteiger partial charge is 0.311 e. The molecule has 5 atom stereocenters. The molecule has 2 amide bonds. The predicted octanol–water partition coefficient (Wildman–Crippen LogP) is 2.55. The van der Waals surface area contributed by atoms with Gasteiger partial charge in [-0.05, 0) is 31.7 Å². The van der Waals surface area contributed by atoms with Crippen molar-refractivity contribution < 1.29 is 24.2 Å². The third kappa shape index (κ3) is 4.00. The van der Waals surface area contributed by atoms with E-state index in [2.05, 4.69) is 0 Å². The first-order valence-electron chi connectivity index (χ1n) is 12.4. The number of nitrogens with zero attached hydrogens (tertiary/aromatic N) is 2. The van der Waals surface area contributed by atoms with Gasteiger partial charge in [-0.25, -0.2) is 0 Å². The number of carbonyl (C=O) groups is 3. The van der Waals surface area contributed by atoms with E-state index in [0.29, 0.717) is 45.5 Å². The maximum absolute atomic E-state index is 14.2. The van der Waals surface area contributed by atoms with Crippen LogP contribution in [0.5, 0.6) is 0 Å². The third-order valence-corrected chi connectivity index (χ3v) is 9.42. The summed E-state index contributed by atoms with van der Waals surface area (Å²) in [5, 5.41) is 9.32. The Morgan fingerprint density at radius 1 is 1.06 bits per heavy atom. The fraction of sp³-hybridized carbons (Fsp3) is 0.519. The Kier molecular flexibility index (Phi) is 6.53. The highest BCUT2D eigenvalue weighted by atomic mass is 32.2. The SMILES string of the molecule is C[C@]12C=CCCOC(=O)[C@H]1[C@H]1C(=O)N(CCCCO)C3C(=O)N(Cc4ccccc4)CC=C[C@@]31S2. The molecule has 1 unspecified atom stereocenters. The van der Waals surface area contributed by atoms with Crippen LogP contribution in [0.15, 0.2) is 54.6 Å². The van der Waals surface area contributed by atoms with Crippen molar-refractivity contribution in [3.05, 3.63) is 60.2 Å². The number of thioether (sulfide) groups is 1. The molecule has 7 nitrogen and oxygen atoms in total. The Hall–Kier alpha value is -2.58. The van der Waals surface area contributed by atoms with E-state index in [4.69, 9.17) is 4.74 Å². The van der Waals surface area contributed by atoms with Crippen molar-refractivity contribution >= 4 is 29.5 Å². The van der Waals surface area contributed by atoms with Crippen molar-refractivity contribution in [1.82, 2.24) is 9.80 Å². The number of likely N-dealkylation sites (tertiary alicyclic amines) is 1. The summed E-state index contributed by atoms with van der Waals surface area (Å²) in [4.78, 5) is 44.9. The van der Waals surface area contributed by atoms with Crippen molar-refractivity contribution in [2.24, 2.45) is 11.8 Å². The summed E-state index contributed by atoms with van der Waals surface area (Å²) >= 11 is 1.56. The van der Waals surface area contributed by atoms with Gasteiger partial charge in [0.25, 0.3) is 0 Å². The molecule has 8 heteroatoms. The molecular formula is C27H32N2O5S. The molecule has 2 saturated heterocycles. The summed E-state index contributed by atoms with van der Waals surface area (Å²) in [6.07, 6.45) is 9.85. The van der Waals surface area contributed by atoms with Crippen LogP contribution < -0.4 is 0 Å². The standard InChI is InChI=1S/C27H32N2O5S/c1-26-12-5-8-17-34-25(33)21(26)20-23(31)29(15-6-7-16-30)22-24(32)28(14-9-13-27(20,22)35-26)18-19-10-3-2-4-11-19/h2-5,9-13,20-22,30H,6-8,14-18H2,1H3/t20-,21+,22?,26-,27-/m0/s1. The van der Waals surface area contributed by atoms with E-state index in [0.717, 1.165) is 5.56 Å². The van der Waals surface area contributed by atoms with Gasteiger partial charge < -0.3 is 19.6 Å². The van der Waals surface area contributed by atoms with Crippen LogP contribution in [0, 0.1) is 11.8 Å². The summed E-state index contributed by atoms with van der Waals surface area (Å²) in [6.45, 7) is 3.58. The van der Waals surface area contributed by atoms with Crippen LogP contribution in [0.3, 0.4) is 0 Å². The lowest BCUT2D eigenvalue weighted by atomic mass is 9.74. The summed E-state index contributed by atoms with van der Waals surface area (Å²) in [7, 11) is 0. The van der Waals surface area contributed by atoms with Gasteiger partial charge in [0.15, 0.2) is 0 Å². The first kappa shape index (κ1) is 24.1. The maximum Gasteiger partial charge on any atom is 0.311 e. The Labute approximate surface area is 210 Å². The van der Waals surface area contributed by atoms with E-state index in [9.17, 15) is 19.5 Å². The molecule has 0 aromatic heterocycles. The summed E-state index contributed by atoms with van der Waals surface area (Å²) in [5.41, 5.74) is 1.03. The number of hydrogen-bond donors (Lipinski definition) is 1. The lowest BCUT2D eigenvalue weighted by molar-refractivity contribution is -0.154. The number of ether oxygens (including phenoxy) is 1. The second-order valence-corrected chi connectivity index (χ2v) is 11.7. The Bertz CT molecular complexity index is 1060. The molecule has 0 saturated carbocycles. The van der Waals surface area contributed by atoms with Crippen molar-refractivity contribution in [2.45, 2.75) is 48.3 Å². The third-order valence-electron chi connectivity index (χ3n) is 7.63. The van der Waals surface area contributed by atoms with Gasteiger partial charge in [-0.1, -0.05) is 54.6 Å². The fourth-order valence-corrected chi connectivity index (χ4v) is 8.27. The zero-order chi connectivity index (χ0) is 24.6. The summed E-state index contributed by atoms with van der Waals surface area (Å²) < 4.78 is 4.06. The van der Waals surface area contributed by atoms with E-state index < -0.39 is 27.4 Å². The molecule has 4 heterocycles. The number of aliphatic hydroxyl groups excluding tert-OH is 1. The number of unbranched alkanes of at least 4 members (excludes halogenated alkanes) is 1. The van der Waals surface area contributed by atoms with Gasteiger partial charge in [-0.15, -0.1) is 11.8 Å². The molecule has 0 bridgehead atoms. The largest absolute Gasteiger partial charge is 0.465 e. The molecule has 5 rings (SSSR count). The van der Waals surface area contributed by atoms with Crippen molar-refractivity contribution in [2.75, 3.05) is 26.3 Å². The number of carbonyl (C=O) groups excluding carboxylic acids is 3. The van der Waals surface area contributed by atoms with Crippen LogP contribution in [0.4, 0.5) is 0 Å². The van der Waals surface area contributed by atoms with Crippen LogP contribution in [-0.4, -0.2) is 74.5 Å². The zero-order valence-electron chi connectivity index (χ0n) is 20.0. The number of aliphatic hydroxyl groups is 1. The van der Waals surface area contributed by atoms with Crippen LogP contribution >= 0.6 is 11.8 Å². The highest BCUT2D eigenvalue weighted by molar-refractivity contribution is 8.02. The average molecular weight is 497 g/mol. The minimum absolute atomic E-state index is 0.0296. The number of amides is 2.